The first kappa shape index (κ1) is 13.5. The molecule has 0 aromatic heterocycles. The molecule has 1 fully saturated rings. The number of ether oxygens (including phenoxy) is 1. The lowest BCUT2D eigenvalue weighted by atomic mass is 9.84. The number of hydrogen-bond acceptors (Lipinski definition) is 3. The van der Waals surface area contributed by atoms with Crippen LogP contribution in [-0.2, 0) is 0 Å². The summed E-state index contributed by atoms with van der Waals surface area (Å²) in [6.07, 6.45) is 4.98. The highest BCUT2D eigenvalue weighted by Crippen LogP contribution is 2.31. The van der Waals surface area contributed by atoms with Crippen LogP contribution in [-0.4, -0.2) is 19.7 Å². The van der Waals surface area contributed by atoms with Crippen molar-refractivity contribution in [2.75, 3.05) is 19.0 Å². The minimum absolute atomic E-state index is 0.467. The molecule has 1 aromatic carbocycles. The molecule has 2 rings (SSSR count). The molecule has 0 amide bonds. The van der Waals surface area contributed by atoms with Crippen molar-refractivity contribution in [2.24, 2.45) is 11.7 Å². The highest BCUT2D eigenvalue weighted by molar-refractivity contribution is 6.32. The zero-order chi connectivity index (χ0) is 13.0. The first-order valence-corrected chi connectivity index (χ1v) is 6.92. The van der Waals surface area contributed by atoms with E-state index in [0.717, 1.165) is 12.2 Å². The Morgan fingerprint density at radius 3 is 2.89 bits per heavy atom. The van der Waals surface area contributed by atoms with Gasteiger partial charge in [0.05, 0.1) is 12.1 Å². The average molecular weight is 269 g/mol. The fraction of sp³-hybridized carbons (Fsp3) is 0.571. The Hall–Kier alpha value is -0.930. The Labute approximate surface area is 114 Å². The van der Waals surface area contributed by atoms with Gasteiger partial charge in [-0.2, -0.15) is 0 Å². The third-order valence-corrected chi connectivity index (χ3v) is 4.03. The second-order valence-electron chi connectivity index (χ2n) is 4.88. The van der Waals surface area contributed by atoms with Crippen LogP contribution in [0.5, 0.6) is 5.75 Å². The van der Waals surface area contributed by atoms with Gasteiger partial charge in [0.25, 0.3) is 0 Å². The van der Waals surface area contributed by atoms with Crippen molar-refractivity contribution in [2.45, 2.75) is 31.7 Å². The lowest BCUT2D eigenvalue weighted by molar-refractivity contribution is 0.332. The minimum atomic E-state index is 0.467. The molecule has 0 spiro atoms. The zero-order valence-electron chi connectivity index (χ0n) is 10.8. The number of nitrogens with one attached hydrogen (secondary N) is 1. The lowest BCUT2D eigenvalue weighted by Gasteiger charge is -2.32. The number of rotatable bonds is 4. The normalized spacial score (nSPS) is 23.7. The number of anilines is 1. The summed E-state index contributed by atoms with van der Waals surface area (Å²) in [5.74, 6) is 1.28. The summed E-state index contributed by atoms with van der Waals surface area (Å²) in [5, 5.41) is 4.21. The molecule has 1 saturated carbocycles. The van der Waals surface area contributed by atoms with Crippen molar-refractivity contribution < 1.29 is 4.74 Å². The minimum Gasteiger partial charge on any atom is -0.495 e. The van der Waals surface area contributed by atoms with E-state index in [4.69, 9.17) is 22.1 Å². The van der Waals surface area contributed by atoms with Crippen LogP contribution in [0, 0.1) is 5.92 Å². The van der Waals surface area contributed by atoms with Gasteiger partial charge >= 0.3 is 0 Å². The van der Waals surface area contributed by atoms with E-state index in [2.05, 4.69) is 5.32 Å². The third-order valence-electron chi connectivity index (χ3n) is 3.72. The molecule has 4 heteroatoms. The number of benzene rings is 1. The van der Waals surface area contributed by atoms with Crippen LogP contribution in [0.1, 0.15) is 25.7 Å². The molecule has 0 heterocycles. The van der Waals surface area contributed by atoms with Crippen molar-refractivity contribution in [3.63, 3.8) is 0 Å². The molecule has 0 radical (unpaired) electrons. The summed E-state index contributed by atoms with van der Waals surface area (Å²) in [4.78, 5) is 0. The molecule has 0 saturated heterocycles. The largest absolute Gasteiger partial charge is 0.495 e. The molecular formula is C14H21ClN2O. The van der Waals surface area contributed by atoms with Crippen LogP contribution >= 0.6 is 11.6 Å². The number of halogens is 1. The zero-order valence-corrected chi connectivity index (χ0v) is 11.5. The monoisotopic (exact) mass is 268 g/mol. The first-order chi connectivity index (χ1) is 8.74. The molecule has 0 aliphatic heterocycles. The summed E-state index contributed by atoms with van der Waals surface area (Å²) in [5.41, 5.74) is 6.90. The second kappa shape index (κ2) is 6.30. The van der Waals surface area contributed by atoms with Crippen molar-refractivity contribution in [3.05, 3.63) is 23.2 Å². The summed E-state index contributed by atoms with van der Waals surface area (Å²) in [6, 6.07) is 6.27. The van der Waals surface area contributed by atoms with Crippen LogP contribution in [0.4, 0.5) is 5.69 Å². The van der Waals surface area contributed by atoms with E-state index in [0.29, 0.717) is 22.7 Å². The molecule has 1 aliphatic rings. The van der Waals surface area contributed by atoms with Gasteiger partial charge in [0.2, 0.25) is 0 Å². The molecule has 0 bridgehead atoms. The maximum absolute atomic E-state index is 6.02. The van der Waals surface area contributed by atoms with Crippen molar-refractivity contribution in [3.8, 4) is 5.75 Å². The molecule has 1 aromatic rings. The molecule has 2 atom stereocenters. The molecular weight excluding hydrogens is 248 g/mol. The van der Waals surface area contributed by atoms with E-state index < -0.39 is 0 Å². The smallest absolute Gasteiger partial charge is 0.139 e. The van der Waals surface area contributed by atoms with Gasteiger partial charge in [-0.3, -0.25) is 0 Å². The predicted molar refractivity (Wildman–Crippen MR) is 76.4 cm³/mol. The number of nitrogens with two attached hydrogens (primary N) is 1. The Balaban J connectivity index is 2.07. The van der Waals surface area contributed by atoms with E-state index in [1.54, 1.807) is 7.11 Å². The van der Waals surface area contributed by atoms with Gasteiger partial charge in [-0.15, -0.1) is 0 Å². The second-order valence-corrected chi connectivity index (χ2v) is 5.29. The van der Waals surface area contributed by atoms with Gasteiger partial charge in [-0.25, -0.2) is 0 Å². The van der Waals surface area contributed by atoms with E-state index >= 15 is 0 Å². The summed E-state index contributed by atoms with van der Waals surface area (Å²) in [7, 11) is 1.63. The quantitative estimate of drug-likeness (QED) is 0.881. The number of hydrogen-bond donors (Lipinski definition) is 2. The highest BCUT2D eigenvalue weighted by atomic mass is 35.5. The van der Waals surface area contributed by atoms with Crippen molar-refractivity contribution >= 4 is 17.3 Å². The van der Waals surface area contributed by atoms with Crippen LogP contribution in [0.3, 0.4) is 0 Å². The molecule has 100 valence electrons. The Morgan fingerprint density at radius 2 is 2.17 bits per heavy atom. The molecule has 3 nitrogen and oxygen atoms in total. The van der Waals surface area contributed by atoms with Gasteiger partial charge in [0.1, 0.15) is 5.75 Å². The highest BCUT2D eigenvalue weighted by Gasteiger charge is 2.23. The van der Waals surface area contributed by atoms with E-state index in [1.807, 2.05) is 18.2 Å². The lowest BCUT2D eigenvalue weighted by Crippen LogP contribution is -2.36. The Kier molecular flexibility index (Phi) is 4.72. The van der Waals surface area contributed by atoms with Gasteiger partial charge < -0.3 is 15.8 Å². The van der Waals surface area contributed by atoms with Gasteiger partial charge in [0, 0.05) is 17.8 Å². The van der Waals surface area contributed by atoms with Gasteiger partial charge in [0.15, 0.2) is 0 Å². The first-order valence-electron chi connectivity index (χ1n) is 6.54. The molecule has 18 heavy (non-hydrogen) atoms. The molecule has 3 N–H and O–H groups in total. The average Bonchev–Trinajstić information content (AvgIpc) is 2.41. The fourth-order valence-electron chi connectivity index (χ4n) is 2.64. The van der Waals surface area contributed by atoms with E-state index in [-0.39, 0.29) is 0 Å². The van der Waals surface area contributed by atoms with Crippen molar-refractivity contribution in [1.29, 1.82) is 0 Å². The van der Waals surface area contributed by atoms with Crippen LogP contribution < -0.4 is 15.8 Å². The van der Waals surface area contributed by atoms with Gasteiger partial charge in [-0.05, 0) is 37.4 Å². The summed E-state index contributed by atoms with van der Waals surface area (Å²) < 4.78 is 5.23. The Bertz CT molecular complexity index is 397. The molecule has 1 aliphatic carbocycles. The van der Waals surface area contributed by atoms with Crippen LogP contribution in [0.15, 0.2) is 18.2 Å². The third kappa shape index (κ3) is 3.09. The van der Waals surface area contributed by atoms with Gasteiger partial charge in [-0.1, -0.05) is 24.4 Å². The summed E-state index contributed by atoms with van der Waals surface area (Å²) >= 11 is 6.02. The standard InChI is InChI=1S/C14H21ClN2O/c1-18-14-8-11(6-7-12(14)15)17-13-5-3-2-4-10(13)9-16/h6-8,10,13,17H,2-5,9,16H2,1H3. The van der Waals surface area contributed by atoms with Crippen molar-refractivity contribution in [1.82, 2.24) is 0 Å². The molecule has 2 unspecified atom stereocenters. The van der Waals surface area contributed by atoms with Crippen LogP contribution in [0.2, 0.25) is 5.02 Å². The maximum Gasteiger partial charge on any atom is 0.139 e. The SMILES string of the molecule is COc1cc(NC2CCCCC2CN)ccc1Cl. The number of methoxy groups -OCH3 is 1. The van der Waals surface area contributed by atoms with Crippen LogP contribution in [0.25, 0.3) is 0 Å². The van der Waals surface area contributed by atoms with E-state index in [9.17, 15) is 0 Å². The topological polar surface area (TPSA) is 47.3 Å². The summed E-state index contributed by atoms with van der Waals surface area (Å²) in [6.45, 7) is 0.752. The fourth-order valence-corrected chi connectivity index (χ4v) is 2.84. The predicted octanol–water partition coefficient (Wildman–Crippen LogP) is 3.28. The maximum atomic E-state index is 6.02. The Morgan fingerprint density at radius 1 is 1.39 bits per heavy atom. The van der Waals surface area contributed by atoms with E-state index in [1.165, 1.54) is 25.7 Å².